The third-order valence-corrected chi connectivity index (χ3v) is 3.73. The molecule has 3 rings (SSSR count). The highest BCUT2D eigenvalue weighted by atomic mass is 79.9. The largest absolute Gasteiger partial charge is 0.455 e. The number of aromatic nitrogens is 1. The summed E-state index contributed by atoms with van der Waals surface area (Å²) in [4.78, 5) is 15.8. The zero-order valence-corrected chi connectivity index (χ0v) is 14.6. The van der Waals surface area contributed by atoms with Gasteiger partial charge in [-0.25, -0.2) is 5.43 Å². The lowest BCUT2D eigenvalue weighted by Gasteiger charge is -1.99. The molecule has 0 atom stereocenters. The van der Waals surface area contributed by atoms with Crippen molar-refractivity contribution in [1.82, 2.24) is 10.4 Å². The number of rotatable bonds is 4. The number of carbonyl (C=O) groups excluding carboxylic acids is 1. The molecule has 0 aliphatic heterocycles. The van der Waals surface area contributed by atoms with E-state index in [2.05, 4.69) is 31.4 Å². The van der Waals surface area contributed by atoms with Crippen LogP contribution in [0.2, 0.25) is 5.02 Å². The number of amides is 1. The van der Waals surface area contributed by atoms with E-state index in [1.807, 2.05) is 24.3 Å². The molecule has 120 valence electrons. The molecule has 3 aromatic rings. The van der Waals surface area contributed by atoms with E-state index < -0.39 is 0 Å². The van der Waals surface area contributed by atoms with Gasteiger partial charge >= 0.3 is 0 Å². The molecule has 7 heteroatoms. The van der Waals surface area contributed by atoms with E-state index in [9.17, 15) is 4.79 Å². The molecule has 0 spiro atoms. The van der Waals surface area contributed by atoms with Gasteiger partial charge in [0, 0.05) is 27.5 Å². The highest BCUT2D eigenvalue weighted by Gasteiger charge is 2.06. The Labute approximate surface area is 151 Å². The molecule has 1 N–H and O–H groups in total. The molecule has 2 aromatic heterocycles. The number of benzene rings is 1. The van der Waals surface area contributed by atoms with Crippen molar-refractivity contribution in [3.63, 3.8) is 0 Å². The van der Waals surface area contributed by atoms with Crippen molar-refractivity contribution >= 4 is 39.7 Å². The van der Waals surface area contributed by atoms with E-state index >= 15 is 0 Å². The SMILES string of the molecule is O=C(NN=Cc1ccc(-c2cccc(Cl)c2)o1)c1cncc(Br)c1. The molecule has 2 heterocycles. The van der Waals surface area contributed by atoms with Gasteiger partial charge in [-0.1, -0.05) is 23.7 Å². The molecule has 1 aromatic carbocycles. The maximum atomic E-state index is 11.9. The number of hydrogen-bond acceptors (Lipinski definition) is 4. The summed E-state index contributed by atoms with van der Waals surface area (Å²) in [5.41, 5.74) is 3.69. The zero-order chi connectivity index (χ0) is 16.9. The molecule has 0 saturated carbocycles. The van der Waals surface area contributed by atoms with Crippen LogP contribution >= 0.6 is 27.5 Å². The second-order valence-corrected chi connectivity index (χ2v) is 6.16. The highest BCUT2D eigenvalue weighted by Crippen LogP contribution is 2.24. The van der Waals surface area contributed by atoms with Crippen LogP contribution in [0.1, 0.15) is 16.1 Å². The highest BCUT2D eigenvalue weighted by molar-refractivity contribution is 9.10. The van der Waals surface area contributed by atoms with Gasteiger partial charge in [0.2, 0.25) is 0 Å². The normalized spacial score (nSPS) is 10.9. The summed E-state index contributed by atoms with van der Waals surface area (Å²) < 4.78 is 6.37. The monoisotopic (exact) mass is 403 g/mol. The Morgan fingerprint density at radius 3 is 2.92 bits per heavy atom. The Balaban J connectivity index is 1.66. The number of hydrogen-bond donors (Lipinski definition) is 1. The van der Waals surface area contributed by atoms with Crippen LogP contribution in [0, 0.1) is 0 Å². The number of pyridine rings is 1. The van der Waals surface area contributed by atoms with E-state index in [0.717, 1.165) is 10.0 Å². The van der Waals surface area contributed by atoms with Crippen molar-refractivity contribution in [2.24, 2.45) is 5.10 Å². The summed E-state index contributed by atoms with van der Waals surface area (Å²) in [5, 5.41) is 4.52. The van der Waals surface area contributed by atoms with Crippen molar-refractivity contribution in [1.29, 1.82) is 0 Å². The van der Waals surface area contributed by atoms with Gasteiger partial charge < -0.3 is 4.42 Å². The average molecular weight is 405 g/mol. The van der Waals surface area contributed by atoms with Gasteiger partial charge in [0.25, 0.3) is 5.91 Å². The van der Waals surface area contributed by atoms with E-state index in [1.165, 1.54) is 12.4 Å². The maximum absolute atomic E-state index is 11.9. The summed E-state index contributed by atoms with van der Waals surface area (Å²) in [6, 6.07) is 12.6. The van der Waals surface area contributed by atoms with E-state index in [-0.39, 0.29) is 5.91 Å². The standard InChI is InChI=1S/C17H11BrClN3O2/c18-13-6-12(8-20-9-13)17(23)22-21-10-15-4-5-16(24-15)11-2-1-3-14(19)7-11/h1-10H,(H,22,23). The lowest BCUT2D eigenvalue weighted by atomic mass is 10.2. The van der Waals surface area contributed by atoms with Gasteiger partial charge in [0.1, 0.15) is 11.5 Å². The Bertz CT molecular complexity index is 908. The van der Waals surface area contributed by atoms with Crippen LogP contribution in [0.5, 0.6) is 0 Å². The molecule has 0 aliphatic rings. The first-order chi connectivity index (χ1) is 11.6. The molecule has 0 saturated heterocycles. The minimum absolute atomic E-state index is 0.360. The van der Waals surface area contributed by atoms with E-state index in [4.69, 9.17) is 16.0 Å². The summed E-state index contributed by atoms with van der Waals surface area (Å²) in [7, 11) is 0. The summed E-state index contributed by atoms with van der Waals surface area (Å²) in [6.45, 7) is 0. The number of furan rings is 1. The van der Waals surface area contributed by atoms with Gasteiger partial charge in [-0.3, -0.25) is 9.78 Å². The van der Waals surface area contributed by atoms with Crippen molar-refractivity contribution in [3.8, 4) is 11.3 Å². The molecule has 0 radical (unpaired) electrons. The number of hydrazone groups is 1. The number of nitrogens with one attached hydrogen (secondary N) is 1. The molecule has 0 bridgehead atoms. The Morgan fingerprint density at radius 2 is 2.12 bits per heavy atom. The Kier molecular flexibility index (Phi) is 5.08. The van der Waals surface area contributed by atoms with Gasteiger partial charge in [0.05, 0.1) is 11.8 Å². The fourth-order valence-corrected chi connectivity index (χ4v) is 2.53. The van der Waals surface area contributed by atoms with Gasteiger partial charge in [0.15, 0.2) is 0 Å². The molecule has 1 amide bonds. The lowest BCUT2D eigenvalue weighted by molar-refractivity contribution is 0.0954. The zero-order valence-electron chi connectivity index (χ0n) is 12.2. The van der Waals surface area contributed by atoms with Crippen LogP contribution < -0.4 is 5.43 Å². The van der Waals surface area contributed by atoms with Crippen LogP contribution in [-0.2, 0) is 0 Å². The van der Waals surface area contributed by atoms with Crippen molar-refractivity contribution in [2.75, 3.05) is 0 Å². The smallest absolute Gasteiger partial charge is 0.272 e. The van der Waals surface area contributed by atoms with Crippen LogP contribution in [0.3, 0.4) is 0 Å². The molecule has 24 heavy (non-hydrogen) atoms. The van der Waals surface area contributed by atoms with Crippen LogP contribution in [0.4, 0.5) is 0 Å². The van der Waals surface area contributed by atoms with E-state index in [1.54, 1.807) is 24.4 Å². The maximum Gasteiger partial charge on any atom is 0.272 e. The molecule has 0 aliphatic carbocycles. The molecule has 0 fully saturated rings. The topological polar surface area (TPSA) is 67.5 Å². The van der Waals surface area contributed by atoms with Crippen LogP contribution in [0.15, 0.2) is 68.8 Å². The third-order valence-electron chi connectivity index (χ3n) is 3.06. The first-order valence-corrected chi connectivity index (χ1v) is 8.08. The van der Waals surface area contributed by atoms with Crippen molar-refractivity contribution in [3.05, 3.63) is 75.7 Å². The van der Waals surface area contributed by atoms with Crippen LogP contribution in [-0.4, -0.2) is 17.1 Å². The number of nitrogens with zero attached hydrogens (tertiary/aromatic N) is 2. The number of carbonyl (C=O) groups is 1. The number of halogens is 2. The quantitative estimate of drug-likeness (QED) is 0.513. The van der Waals surface area contributed by atoms with Crippen LogP contribution in [0.25, 0.3) is 11.3 Å². The second-order valence-electron chi connectivity index (χ2n) is 4.80. The summed E-state index contributed by atoms with van der Waals surface area (Å²) >= 11 is 9.23. The van der Waals surface area contributed by atoms with E-state index in [0.29, 0.717) is 22.1 Å². The molecule has 0 unspecified atom stereocenters. The Hall–Kier alpha value is -2.44. The first kappa shape index (κ1) is 16.4. The van der Waals surface area contributed by atoms with Gasteiger partial charge in [-0.05, 0) is 46.3 Å². The third kappa shape index (κ3) is 4.10. The lowest BCUT2D eigenvalue weighted by Crippen LogP contribution is -2.17. The predicted octanol–water partition coefficient (Wildman–Crippen LogP) is 4.52. The first-order valence-electron chi connectivity index (χ1n) is 6.91. The van der Waals surface area contributed by atoms with Gasteiger partial charge in [-0.15, -0.1) is 0 Å². The minimum Gasteiger partial charge on any atom is -0.455 e. The molecular formula is C17H11BrClN3O2. The molecular weight excluding hydrogens is 394 g/mol. The Morgan fingerprint density at radius 1 is 1.25 bits per heavy atom. The molecule has 5 nitrogen and oxygen atoms in total. The fourth-order valence-electron chi connectivity index (χ4n) is 1.97. The predicted molar refractivity (Wildman–Crippen MR) is 96.2 cm³/mol. The average Bonchev–Trinajstić information content (AvgIpc) is 3.04. The van der Waals surface area contributed by atoms with Gasteiger partial charge in [-0.2, -0.15) is 5.10 Å². The fraction of sp³-hybridized carbons (Fsp3) is 0. The van der Waals surface area contributed by atoms with Crippen molar-refractivity contribution in [2.45, 2.75) is 0 Å². The summed E-state index contributed by atoms with van der Waals surface area (Å²) in [5.74, 6) is 0.820. The second kappa shape index (κ2) is 7.42. The summed E-state index contributed by atoms with van der Waals surface area (Å²) in [6.07, 6.45) is 4.48. The minimum atomic E-state index is -0.360. The van der Waals surface area contributed by atoms with Crippen molar-refractivity contribution < 1.29 is 9.21 Å².